The van der Waals surface area contributed by atoms with Crippen LogP contribution < -0.4 is 14.2 Å². The molecule has 0 spiro atoms. The first-order valence-corrected chi connectivity index (χ1v) is 11.9. The zero-order valence-corrected chi connectivity index (χ0v) is 20.8. The minimum atomic E-state index is 0.229. The van der Waals surface area contributed by atoms with E-state index in [1.807, 2.05) is 30.3 Å². The van der Waals surface area contributed by atoms with Crippen molar-refractivity contribution in [3.05, 3.63) is 79.9 Å². The first kappa shape index (κ1) is 22.0. The third-order valence-electron chi connectivity index (χ3n) is 5.83. The van der Waals surface area contributed by atoms with E-state index in [1.165, 1.54) is 26.7 Å². The lowest BCUT2D eigenvalue weighted by atomic mass is 10.00. The summed E-state index contributed by atoms with van der Waals surface area (Å²) in [7, 11) is 1.71. The van der Waals surface area contributed by atoms with E-state index in [0.29, 0.717) is 6.61 Å². The Morgan fingerprint density at radius 1 is 0.935 bits per heavy atom. The number of hydrogen-bond acceptors (Lipinski definition) is 3. The summed E-state index contributed by atoms with van der Waals surface area (Å²) in [5.41, 5.74) is 6.13. The van der Waals surface area contributed by atoms with E-state index in [0.717, 1.165) is 47.0 Å². The highest BCUT2D eigenvalue weighted by atomic mass is 127. The summed E-state index contributed by atoms with van der Waals surface area (Å²) in [6.07, 6.45) is 3.39. The van der Waals surface area contributed by atoms with Crippen molar-refractivity contribution in [2.75, 3.05) is 7.11 Å². The Hall–Kier alpha value is -2.21. The molecule has 3 aromatic rings. The normalized spacial score (nSPS) is 12.7. The Morgan fingerprint density at radius 2 is 1.65 bits per heavy atom. The van der Waals surface area contributed by atoms with E-state index in [-0.39, 0.29) is 5.92 Å². The highest BCUT2D eigenvalue weighted by Gasteiger charge is 2.24. The van der Waals surface area contributed by atoms with Crippen molar-refractivity contribution in [3.8, 4) is 23.0 Å². The van der Waals surface area contributed by atoms with E-state index in [4.69, 9.17) is 14.2 Å². The van der Waals surface area contributed by atoms with E-state index in [2.05, 4.69) is 61.6 Å². The predicted molar refractivity (Wildman–Crippen MR) is 134 cm³/mol. The molecule has 3 nitrogen and oxygen atoms in total. The van der Waals surface area contributed by atoms with Crippen molar-refractivity contribution in [2.45, 2.75) is 52.6 Å². The lowest BCUT2D eigenvalue weighted by Crippen LogP contribution is -2.04. The van der Waals surface area contributed by atoms with Gasteiger partial charge in [0.2, 0.25) is 0 Å². The van der Waals surface area contributed by atoms with Gasteiger partial charge in [-0.1, -0.05) is 44.2 Å². The zero-order valence-electron chi connectivity index (χ0n) is 18.6. The lowest BCUT2D eigenvalue weighted by Gasteiger charge is -2.22. The highest BCUT2D eigenvalue weighted by Crippen LogP contribution is 2.46. The van der Waals surface area contributed by atoms with Crippen LogP contribution in [0.3, 0.4) is 0 Å². The number of methoxy groups -OCH3 is 1. The van der Waals surface area contributed by atoms with E-state index >= 15 is 0 Å². The second-order valence-electron chi connectivity index (χ2n) is 8.35. The molecule has 0 bridgehead atoms. The molecule has 0 atom stereocenters. The monoisotopic (exact) mass is 528 g/mol. The van der Waals surface area contributed by atoms with Crippen LogP contribution in [0.25, 0.3) is 0 Å². The van der Waals surface area contributed by atoms with E-state index < -0.39 is 0 Å². The molecule has 0 heterocycles. The van der Waals surface area contributed by atoms with Gasteiger partial charge in [-0.2, -0.15) is 0 Å². The van der Waals surface area contributed by atoms with Gasteiger partial charge in [0.05, 0.1) is 7.11 Å². The summed E-state index contributed by atoms with van der Waals surface area (Å²) in [5, 5.41) is 0. The smallest absolute Gasteiger partial charge is 0.169 e. The molecule has 1 aliphatic carbocycles. The average Bonchev–Trinajstić information content (AvgIpc) is 3.26. The molecule has 162 valence electrons. The molecule has 4 rings (SSSR count). The first-order valence-electron chi connectivity index (χ1n) is 10.9. The first-order chi connectivity index (χ1) is 15.0. The molecular formula is C27H29IO3. The summed E-state index contributed by atoms with van der Waals surface area (Å²) in [4.78, 5) is 0. The van der Waals surface area contributed by atoms with E-state index in [1.54, 1.807) is 7.11 Å². The van der Waals surface area contributed by atoms with Crippen molar-refractivity contribution in [1.82, 2.24) is 0 Å². The van der Waals surface area contributed by atoms with Gasteiger partial charge in [-0.3, -0.25) is 0 Å². The molecule has 0 aliphatic heterocycles. The van der Waals surface area contributed by atoms with Gasteiger partial charge in [0, 0.05) is 9.13 Å². The minimum absolute atomic E-state index is 0.229. The Kier molecular flexibility index (Phi) is 6.75. The molecule has 0 amide bonds. The summed E-state index contributed by atoms with van der Waals surface area (Å²) < 4.78 is 20.0. The summed E-state index contributed by atoms with van der Waals surface area (Å²) in [6.45, 7) is 6.96. The Balaban J connectivity index is 1.70. The fourth-order valence-corrected chi connectivity index (χ4v) is 5.41. The molecule has 4 heteroatoms. The van der Waals surface area contributed by atoms with Gasteiger partial charge in [-0.15, -0.1) is 0 Å². The Morgan fingerprint density at radius 3 is 2.35 bits per heavy atom. The third kappa shape index (κ3) is 4.54. The van der Waals surface area contributed by atoms with E-state index in [9.17, 15) is 0 Å². The molecule has 0 aromatic heterocycles. The van der Waals surface area contributed by atoms with Crippen LogP contribution in [0.5, 0.6) is 23.0 Å². The SMILES string of the molecule is COc1c(Oc2c(C)cc(I)c3c2CCC3)ccc(OCc2ccccc2)c1C(C)C. The summed E-state index contributed by atoms with van der Waals surface area (Å²) in [5.74, 6) is 3.56. The van der Waals surface area contributed by atoms with Gasteiger partial charge >= 0.3 is 0 Å². The van der Waals surface area contributed by atoms with Gasteiger partial charge < -0.3 is 14.2 Å². The zero-order chi connectivity index (χ0) is 22.0. The Labute approximate surface area is 198 Å². The van der Waals surface area contributed by atoms with Crippen molar-refractivity contribution >= 4 is 22.6 Å². The van der Waals surface area contributed by atoms with Gasteiger partial charge in [0.25, 0.3) is 0 Å². The number of hydrogen-bond donors (Lipinski definition) is 0. The van der Waals surface area contributed by atoms with Gasteiger partial charge in [0.15, 0.2) is 11.5 Å². The second kappa shape index (κ2) is 9.51. The average molecular weight is 528 g/mol. The molecule has 3 aromatic carbocycles. The number of aryl methyl sites for hydroxylation is 1. The standard InChI is InChI=1S/C27H29IO3/c1-17(2)25-23(30-16-19-9-6-5-7-10-19)13-14-24(27(25)29-4)31-26-18(3)15-22(28)20-11-8-12-21(20)26/h5-7,9-10,13-15,17H,8,11-12,16H2,1-4H3. The molecule has 0 saturated carbocycles. The molecular weight excluding hydrogens is 499 g/mol. The van der Waals surface area contributed by atoms with Gasteiger partial charge in [-0.05, 0) is 95.1 Å². The van der Waals surface area contributed by atoms with Crippen LogP contribution in [0.15, 0.2) is 48.5 Å². The van der Waals surface area contributed by atoms with Crippen LogP contribution in [0, 0.1) is 10.5 Å². The van der Waals surface area contributed by atoms with Crippen LogP contribution in [0.2, 0.25) is 0 Å². The van der Waals surface area contributed by atoms with Crippen LogP contribution in [-0.4, -0.2) is 7.11 Å². The quantitative estimate of drug-likeness (QED) is 0.296. The maximum absolute atomic E-state index is 6.55. The molecule has 0 N–H and O–H groups in total. The molecule has 0 unspecified atom stereocenters. The number of ether oxygens (including phenoxy) is 3. The number of halogens is 1. The van der Waals surface area contributed by atoms with Crippen molar-refractivity contribution in [1.29, 1.82) is 0 Å². The molecule has 1 aliphatic rings. The minimum Gasteiger partial charge on any atom is -0.492 e. The highest BCUT2D eigenvalue weighted by molar-refractivity contribution is 14.1. The molecule has 31 heavy (non-hydrogen) atoms. The summed E-state index contributed by atoms with van der Waals surface area (Å²) in [6, 6.07) is 16.4. The summed E-state index contributed by atoms with van der Waals surface area (Å²) >= 11 is 2.45. The Bertz CT molecular complexity index is 1070. The van der Waals surface area contributed by atoms with Crippen molar-refractivity contribution in [3.63, 3.8) is 0 Å². The van der Waals surface area contributed by atoms with Crippen molar-refractivity contribution in [2.24, 2.45) is 0 Å². The van der Waals surface area contributed by atoms with Gasteiger partial charge in [-0.25, -0.2) is 0 Å². The molecule has 0 saturated heterocycles. The largest absolute Gasteiger partial charge is 0.492 e. The molecule has 0 fully saturated rings. The topological polar surface area (TPSA) is 27.7 Å². The van der Waals surface area contributed by atoms with Gasteiger partial charge in [0.1, 0.15) is 18.1 Å². The van der Waals surface area contributed by atoms with Crippen LogP contribution in [0.4, 0.5) is 0 Å². The fourth-order valence-electron chi connectivity index (χ4n) is 4.35. The van der Waals surface area contributed by atoms with Crippen molar-refractivity contribution < 1.29 is 14.2 Å². The maximum atomic E-state index is 6.55. The number of fused-ring (bicyclic) bond motifs is 1. The maximum Gasteiger partial charge on any atom is 0.169 e. The van der Waals surface area contributed by atoms with Crippen LogP contribution in [0.1, 0.15) is 54.0 Å². The third-order valence-corrected chi connectivity index (χ3v) is 6.79. The fraction of sp³-hybridized carbons (Fsp3) is 0.333. The number of rotatable bonds is 7. The second-order valence-corrected chi connectivity index (χ2v) is 9.52. The molecule has 0 radical (unpaired) electrons. The predicted octanol–water partition coefficient (Wildman–Crippen LogP) is 7.59. The lowest BCUT2D eigenvalue weighted by molar-refractivity contribution is 0.295. The van der Waals surface area contributed by atoms with Crippen LogP contribution in [-0.2, 0) is 19.4 Å². The number of benzene rings is 3. The van der Waals surface area contributed by atoms with Crippen LogP contribution >= 0.6 is 22.6 Å².